The van der Waals surface area contributed by atoms with Gasteiger partial charge in [-0.3, -0.25) is 24.6 Å². The van der Waals surface area contributed by atoms with Crippen LogP contribution in [0.3, 0.4) is 0 Å². The van der Waals surface area contributed by atoms with Gasteiger partial charge in [-0.2, -0.15) is 0 Å². The third kappa shape index (κ3) is 4.50. The number of morpholine rings is 1. The van der Waals surface area contributed by atoms with E-state index in [0.717, 1.165) is 0 Å². The van der Waals surface area contributed by atoms with Crippen LogP contribution in [0.2, 0.25) is 0 Å². The maximum atomic E-state index is 13.2. The van der Waals surface area contributed by atoms with E-state index < -0.39 is 22.7 Å². The summed E-state index contributed by atoms with van der Waals surface area (Å²) in [6.45, 7) is 4.13. The van der Waals surface area contributed by atoms with Crippen molar-refractivity contribution < 1.29 is 33.8 Å². The Kier molecular flexibility index (Phi) is 6.57. The van der Waals surface area contributed by atoms with Crippen molar-refractivity contribution in [3.63, 3.8) is 0 Å². The molecule has 0 saturated carbocycles. The standard InChI is InChI=1S/C25H25N3O8/c29-23(17-3-6-19-20(15-17)36-14-13-35-19)21-22(16-1-4-18(5-2-16)28(32)33)27(25(31)24(21)30)8-7-26-9-11-34-12-10-26/h1-6,15,22,29H,7-14H2/b23-21+. The highest BCUT2D eigenvalue weighted by molar-refractivity contribution is 6.46. The number of aliphatic hydroxyl groups excluding tert-OH is 1. The van der Waals surface area contributed by atoms with E-state index in [1.807, 2.05) is 0 Å². The van der Waals surface area contributed by atoms with Gasteiger partial charge in [-0.1, -0.05) is 0 Å². The number of nitro groups is 1. The number of hydrogen-bond acceptors (Lipinski definition) is 9. The van der Waals surface area contributed by atoms with Crippen molar-refractivity contribution in [2.24, 2.45) is 0 Å². The summed E-state index contributed by atoms with van der Waals surface area (Å²) in [6.07, 6.45) is 0. The minimum atomic E-state index is -0.903. The number of aliphatic hydroxyl groups is 1. The van der Waals surface area contributed by atoms with Gasteiger partial charge in [0.1, 0.15) is 19.0 Å². The maximum Gasteiger partial charge on any atom is 0.295 e. The Labute approximate surface area is 206 Å². The first-order chi connectivity index (χ1) is 17.4. The second kappa shape index (κ2) is 9.96. The number of ketones is 1. The van der Waals surface area contributed by atoms with Crippen LogP contribution in [0.15, 0.2) is 48.0 Å². The van der Waals surface area contributed by atoms with Crippen LogP contribution in [-0.4, -0.2) is 84.1 Å². The van der Waals surface area contributed by atoms with E-state index in [2.05, 4.69) is 4.90 Å². The number of likely N-dealkylation sites (tertiary alicyclic amines) is 1. The average Bonchev–Trinajstić information content (AvgIpc) is 3.16. The van der Waals surface area contributed by atoms with Gasteiger partial charge in [0.05, 0.1) is 29.8 Å². The largest absolute Gasteiger partial charge is 0.507 e. The summed E-state index contributed by atoms with van der Waals surface area (Å²) in [5.41, 5.74) is 0.599. The highest BCUT2D eigenvalue weighted by Gasteiger charge is 2.46. The van der Waals surface area contributed by atoms with Crippen molar-refractivity contribution in [2.45, 2.75) is 6.04 Å². The Hall–Kier alpha value is -3.96. The first kappa shape index (κ1) is 23.8. The van der Waals surface area contributed by atoms with Gasteiger partial charge in [-0.05, 0) is 35.9 Å². The third-order valence-electron chi connectivity index (χ3n) is 6.54. The highest BCUT2D eigenvalue weighted by Crippen LogP contribution is 2.41. The van der Waals surface area contributed by atoms with E-state index in [1.54, 1.807) is 18.2 Å². The van der Waals surface area contributed by atoms with Gasteiger partial charge in [0.2, 0.25) is 0 Å². The number of non-ortho nitro benzene ring substituents is 1. The fourth-order valence-corrected chi connectivity index (χ4v) is 4.66. The number of nitro benzene ring substituents is 1. The quantitative estimate of drug-likeness (QED) is 0.210. The number of amides is 1. The number of benzene rings is 2. The van der Waals surface area contributed by atoms with Crippen LogP contribution in [0.25, 0.3) is 5.76 Å². The summed E-state index contributed by atoms with van der Waals surface area (Å²) in [5.74, 6) is -0.935. The van der Waals surface area contributed by atoms with Crippen LogP contribution in [0, 0.1) is 10.1 Å². The molecule has 2 saturated heterocycles. The van der Waals surface area contributed by atoms with Gasteiger partial charge >= 0.3 is 0 Å². The number of hydrogen-bond donors (Lipinski definition) is 1. The molecule has 2 aromatic carbocycles. The Morgan fingerprint density at radius 1 is 0.972 bits per heavy atom. The van der Waals surface area contributed by atoms with Crippen LogP contribution < -0.4 is 9.47 Å². The molecule has 11 heteroatoms. The van der Waals surface area contributed by atoms with Crippen LogP contribution >= 0.6 is 0 Å². The van der Waals surface area contributed by atoms with Crippen LogP contribution in [-0.2, 0) is 14.3 Å². The minimum Gasteiger partial charge on any atom is -0.507 e. The second-order valence-electron chi connectivity index (χ2n) is 8.65. The van der Waals surface area contributed by atoms with Crippen molar-refractivity contribution in [2.75, 3.05) is 52.6 Å². The number of fused-ring (bicyclic) bond motifs is 1. The zero-order valence-corrected chi connectivity index (χ0v) is 19.4. The second-order valence-corrected chi connectivity index (χ2v) is 8.65. The number of carbonyl (C=O) groups excluding carboxylic acids is 2. The number of ether oxygens (including phenoxy) is 3. The molecule has 0 aliphatic carbocycles. The molecule has 1 unspecified atom stereocenters. The molecule has 5 rings (SSSR count). The van der Waals surface area contributed by atoms with Crippen LogP contribution in [0.5, 0.6) is 11.5 Å². The lowest BCUT2D eigenvalue weighted by Crippen LogP contribution is -2.42. The smallest absolute Gasteiger partial charge is 0.295 e. The van der Waals surface area contributed by atoms with Crippen molar-refractivity contribution in [3.8, 4) is 11.5 Å². The van der Waals surface area contributed by atoms with Crippen LogP contribution in [0.1, 0.15) is 17.2 Å². The summed E-state index contributed by atoms with van der Waals surface area (Å²) in [7, 11) is 0. The van der Waals surface area contributed by atoms with E-state index in [4.69, 9.17) is 14.2 Å². The Balaban J connectivity index is 1.54. The lowest BCUT2D eigenvalue weighted by atomic mass is 9.95. The van der Waals surface area contributed by atoms with Gasteiger partial charge in [0, 0.05) is 43.9 Å². The number of carbonyl (C=O) groups is 2. The maximum absolute atomic E-state index is 13.2. The molecule has 188 valence electrons. The van der Waals surface area contributed by atoms with Crippen molar-refractivity contribution in [1.82, 2.24) is 9.80 Å². The third-order valence-corrected chi connectivity index (χ3v) is 6.54. The SMILES string of the molecule is O=C1C(=O)N(CCN2CCOCC2)C(c2ccc([N+](=O)[O-])cc2)/C1=C(\O)c1ccc2c(c1)OCCO2. The van der Waals surface area contributed by atoms with Gasteiger partial charge < -0.3 is 24.2 Å². The summed E-state index contributed by atoms with van der Waals surface area (Å²) in [6, 6.07) is 9.55. The number of nitrogens with zero attached hydrogens (tertiary/aromatic N) is 3. The lowest BCUT2D eigenvalue weighted by Gasteiger charge is -2.31. The molecular weight excluding hydrogens is 470 g/mol. The molecular formula is C25H25N3O8. The molecule has 0 bridgehead atoms. The summed E-state index contributed by atoms with van der Waals surface area (Å²) in [5, 5.41) is 22.4. The molecule has 3 heterocycles. The summed E-state index contributed by atoms with van der Waals surface area (Å²) >= 11 is 0. The molecule has 0 radical (unpaired) electrons. The molecule has 36 heavy (non-hydrogen) atoms. The Morgan fingerprint density at radius 3 is 2.36 bits per heavy atom. The van der Waals surface area contributed by atoms with Crippen molar-refractivity contribution >= 4 is 23.1 Å². The monoisotopic (exact) mass is 495 g/mol. The molecule has 11 nitrogen and oxygen atoms in total. The highest BCUT2D eigenvalue weighted by atomic mass is 16.6. The lowest BCUT2D eigenvalue weighted by molar-refractivity contribution is -0.384. The van der Waals surface area contributed by atoms with Crippen molar-refractivity contribution in [3.05, 3.63) is 69.3 Å². The Morgan fingerprint density at radius 2 is 1.67 bits per heavy atom. The first-order valence-corrected chi connectivity index (χ1v) is 11.7. The zero-order chi connectivity index (χ0) is 25.2. The molecule has 2 aromatic rings. The molecule has 2 fully saturated rings. The molecule has 0 spiro atoms. The Bertz CT molecular complexity index is 1220. The van der Waals surface area contributed by atoms with E-state index in [1.165, 1.54) is 29.2 Å². The molecule has 3 aliphatic heterocycles. The average molecular weight is 495 g/mol. The normalized spacial score (nSPS) is 21.6. The van der Waals surface area contributed by atoms with E-state index >= 15 is 0 Å². The van der Waals surface area contributed by atoms with Gasteiger partial charge in [0.15, 0.2) is 11.5 Å². The zero-order valence-electron chi connectivity index (χ0n) is 19.4. The van der Waals surface area contributed by atoms with E-state index in [0.29, 0.717) is 68.7 Å². The van der Waals surface area contributed by atoms with Gasteiger partial charge in [0.25, 0.3) is 17.4 Å². The summed E-state index contributed by atoms with van der Waals surface area (Å²) in [4.78, 5) is 40.6. The van der Waals surface area contributed by atoms with E-state index in [-0.39, 0.29) is 23.6 Å². The molecule has 1 N–H and O–H groups in total. The fraction of sp³-hybridized carbons (Fsp3) is 0.360. The topological polar surface area (TPSA) is 132 Å². The number of Topliss-reactive ketones (excluding diaryl/α,β-unsaturated/α-hetero) is 1. The molecule has 1 atom stereocenters. The molecule has 3 aliphatic rings. The van der Waals surface area contributed by atoms with Gasteiger partial charge in [-0.25, -0.2) is 0 Å². The first-order valence-electron chi connectivity index (χ1n) is 11.7. The predicted octanol–water partition coefficient (Wildman–Crippen LogP) is 2.12. The number of rotatable bonds is 6. The molecule has 0 aromatic heterocycles. The van der Waals surface area contributed by atoms with Crippen molar-refractivity contribution in [1.29, 1.82) is 0 Å². The van der Waals surface area contributed by atoms with E-state index in [9.17, 15) is 24.8 Å². The predicted molar refractivity (Wildman–Crippen MR) is 127 cm³/mol. The van der Waals surface area contributed by atoms with Crippen LogP contribution in [0.4, 0.5) is 5.69 Å². The summed E-state index contributed by atoms with van der Waals surface area (Å²) < 4.78 is 16.5. The van der Waals surface area contributed by atoms with Gasteiger partial charge in [-0.15, -0.1) is 0 Å². The fourth-order valence-electron chi connectivity index (χ4n) is 4.66. The molecule has 1 amide bonds. The minimum absolute atomic E-state index is 0.0764.